The number of anilines is 1. The molecule has 2 rings (SSSR count). The van der Waals surface area contributed by atoms with Gasteiger partial charge in [-0.05, 0) is 74.1 Å². The van der Waals surface area contributed by atoms with Crippen LogP contribution in [0.1, 0.15) is 34.6 Å². The number of ether oxygens (including phenoxy) is 1. The summed E-state index contributed by atoms with van der Waals surface area (Å²) in [4.78, 5) is 37.8. The van der Waals surface area contributed by atoms with Crippen LogP contribution in [0.4, 0.5) is 18.9 Å². The van der Waals surface area contributed by atoms with E-state index in [1.165, 1.54) is 12.1 Å². The molecule has 0 unspecified atom stereocenters. The van der Waals surface area contributed by atoms with Gasteiger partial charge in [0, 0.05) is 29.2 Å². The van der Waals surface area contributed by atoms with E-state index in [4.69, 9.17) is 4.74 Å². The summed E-state index contributed by atoms with van der Waals surface area (Å²) in [7, 11) is 0. The summed E-state index contributed by atoms with van der Waals surface area (Å²) in [5.41, 5.74) is -3.48. The Morgan fingerprint density at radius 3 is 2.00 bits per heavy atom. The number of rotatable bonds is 8. The number of alkyl halides is 3. The minimum Gasteiger partial charge on any atom is -0.452 e. The summed E-state index contributed by atoms with van der Waals surface area (Å²) in [6, 6.07) is 11.0. The largest absolute Gasteiger partial charge is 0.452 e. The van der Waals surface area contributed by atoms with Gasteiger partial charge in [-0.3, -0.25) is 9.59 Å². The average Bonchev–Trinajstić information content (AvgIpc) is 2.72. The van der Waals surface area contributed by atoms with Gasteiger partial charge in [0.1, 0.15) is 0 Å². The van der Waals surface area contributed by atoms with E-state index in [0.717, 1.165) is 12.1 Å². The van der Waals surface area contributed by atoms with Crippen LogP contribution in [0.25, 0.3) is 0 Å². The topological polar surface area (TPSA) is 75.7 Å². The van der Waals surface area contributed by atoms with Gasteiger partial charge in [0.15, 0.2) is 6.61 Å². The van der Waals surface area contributed by atoms with Gasteiger partial charge in [-0.2, -0.15) is 13.2 Å². The molecule has 0 aliphatic heterocycles. The number of hydrogen-bond donors (Lipinski definition) is 1. The molecule has 6 nitrogen and oxygen atoms in total. The summed E-state index contributed by atoms with van der Waals surface area (Å²) >= 11 is -0.293. The monoisotopic (exact) mass is 454 g/mol. The van der Waals surface area contributed by atoms with Gasteiger partial charge < -0.3 is 15.0 Å². The predicted octanol–water partition coefficient (Wildman–Crippen LogP) is 4.58. The second-order valence-corrected chi connectivity index (χ2v) is 7.39. The van der Waals surface area contributed by atoms with Gasteiger partial charge in [0.05, 0.1) is 5.56 Å². The Bertz CT molecular complexity index is 912. The van der Waals surface area contributed by atoms with Crippen LogP contribution in [0.15, 0.2) is 53.4 Å². The molecule has 166 valence electrons. The van der Waals surface area contributed by atoms with Crippen LogP contribution in [0.2, 0.25) is 0 Å². The highest BCUT2D eigenvalue weighted by Gasteiger charge is 2.29. The molecule has 0 atom stereocenters. The highest BCUT2D eigenvalue weighted by molar-refractivity contribution is 8.00. The number of nitrogens with one attached hydrogen (secondary N) is 1. The van der Waals surface area contributed by atoms with Gasteiger partial charge in [-0.25, -0.2) is 4.79 Å². The zero-order chi connectivity index (χ0) is 23.0. The summed E-state index contributed by atoms with van der Waals surface area (Å²) in [6.45, 7) is 4.37. The molecule has 0 aromatic heterocycles. The number of carbonyl (C=O) groups excluding carboxylic acids is 3. The number of esters is 1. The fourth-order valence-electron chi connectivity index (χ4n) is 2.59. The quantitative estimate of drug-likeness (QED) is 0.467. The number of benzene rings is 2. The first-order chi connectivity index (χ1) is 14.6. The molecule has 2 aromatic rings. The van der Waals surface area contributed by atoms with Crippen LogP contribution in [-0.2, 0) is 9.53 Å². The van der Waals surface area contributed by atoms with E-state index in [1.807, 2.05) is 13.8 Å². The first-order valence-electron chi connectivity index (χ1n) is 9.35. The Morgan fingerprint density at radius 1 is 0.935 bits per heavy atom. The van der Waals surface area contributed by atoms with Crippen molar-refractivity contribution in [2.24, 2.45) is 0 Å². The molecule has 0 fully saturated rings. The van der Waals surface area contributed by atoms with Crippen molar-refractivity contribution in [3.63, 3.8) is 0 Å². The van der Waals surface area contributed by atoms with Crippen molar-refractivity contribution in [3.8, 4) is 0 Å². The van der Waals surface area contributed by atoms with Gasteiger partial charge >= 0.3 is 11.5 Å². The average molecular weight is 454 g/mol. The SMILES string of the molecule is CCN(CC)C(=O)c1ccc(NC(=O)COC(=O)c2ccc(SC(F)(F)F)cc2)cc1. The summed E-state index contributed by atoms with van der Waals surface area (Å²) < 4.78 is 41.9. The molecule has 2 aromatic carbocycles. The number of amides is 2. The van der Waals surface area contributed by atoms with E-state index < -0.39 is 24.0 Å². The van der Waals surface area contributed by atoms with Crippen LogP contribution >= 0.6 is 11.8 Å². The maximum Gasteiger partial charge on any atom is 0.446 e. The lowest BCUT2D eigenvalue weighted by molar-refractivity contribution is -0.119. The molecule has 31 heavy (non-hydrogen) atoms. The van der Waals surface area contributed by atoms with E-state index in [-0.39, 0.29) is 28.1 Å². The van der Waals surface area contributed by atoms with E-state index in [1.54, 1.807) is 29.2 Å². The van der Waals surface area contributed by atoms with Crippen LogP contribution in [0, 0.1) is 0 Å². The minimum atomic E-state index is -4.42. The lowest BCUT2D eigenvalue weighted by Gasteiger charge is -2.18. The third kappa shape index (κ3) is 7.63. The number of thioether (sulfide) groups is 1. The van der Waals surface area contributed by atoms with Crippen molar-refractivity contribution >= 4 is 35.2 Å². The molecule has 1 N–H and O–H groups in total. The van der Waals surface area contributed by atoms with Crippen LogP contribution < -0.4 is 5.32 Å². The van der Waals surface area contributed by atoms with Crippen molar-refractivity contribution in [2.75, 3.05) is 25.0 Å². The normalized spacial score (nSPS) is 11.0. The molecular weight excluding hydrogens is 433 g/mol. The number of hydrogen-bond acceptors (Lipinski definition) is 5. The number of nitrogens with zero attached hydrogens (tertiary/aromatic N) is 1. The molecule has 2 amide bonds. The second-order valence-electron chi connectivity index (χ2n) is 6.25. The van der Waals surface area contributed by atoms with Gasteiger partial charge in [-0.1, -0.05) is 0 Å². The third-order valence-electron chi connectivity index (χ3n) is 4.12. The van der Waals surface area contributed by atoms with Crippen molar-refractivity contribution in [2.45, 2.75) is 24.3 Å². The first-order valence-corrected chi connectivity index (χ1v) is 10.2. The highest BCUT2D eigenvalue weighted by atomic mass is 32.2. The van der Waals surface area contributed by atoms with Crippen molar-refractivity contribution < 1.29 is 32.3 Å². The number of halogens is 3. The van der Waals surface area contributed by atoms with Crippen molar-refractivity contribution in [3.05, 3.63) is 59.7 Å². The first kappa shape index (κ1) is 24.3. The summed E-state index contributed by atoms with van der Waals surface area (Å²) in [5, 5.41) is 2.54. The molecule has 0 saturated heterocycles. The van der Waals surface area contributed by atoms with E-state index in [2.05, 4.69) is 5.32 Å². The predicted molar refractivity (Wildman–Crippen MR) is 111 cm³/mol. The smallest absolute Gasteiger partial charge is 0.446 e. The Labute approximate surface area is 181 Å². The van der Waals surface area contributed by atoms with Crippen LogP contribution in [0.3, 0.4) is 0 Å². The molecule has 0 saturated carbocycles. The highest BCUT2D eigenvalue weighted by Crippen LogP contribution is 2.36. The van der Waals surface area contributed by atoms with Crippen LogP contribution in [0.5, 0.6) is 0 Å². The molecule has 10 heteroatoms. The van der Waals surface area contributed by atoms with Crippen molar-refractivity contribution in [1.29, 1.82) is 0 Å². The zero-order valence-corrected chi connectivity index (χ0v) is 17.7. The molecular formula is C21H21F3N2O4S. The second kappa shape index (κ2) is 10.9. The van der Waals surface area contributed by atoms with Gasteiger partial charge in [-0.15, -0.1) is 0 Å². The van der Waals surface area contributed by atoms with E-state index >= 15 is 0 Å². The molecule has 0 radical (unpaired) electrons. The fourth-order valence-corrected chi connectivity index (χ4v) is 3.13. The lowest BCUT2D eigenvalue weighted by atomic mass is 10.2. The van der Waals surface area contributed by atoms with Crippen molar-refractivity contribution in [1.82, 2.24) is 4.90 Å². The third-order valence-corrected chi connectivity index (χ3v) is 4.86. The van der Waals surface area contributed by atoms with Gasteiger partial charge in [0.2, 0.25) is 0 Å². The Balaban J connectivity index is 1.86. The lowest BCUT2D eigenvalue weighted by Crippen LogP contribution is -2.30. The van der Waals surface area contributed by atoms with E-state index in [9.17, 15) is 27.6 Å². The van der Waals surface area contributed by atoms with Gasteiger partial charge in [0.25, 0.3) is 11.8 Å². The molecule has 0 heterocycles. The van der Waals surface area contributed by atoms with Crippen LogP contribution in [-0.4, -0.2) is 47.9 Å². The zero-order valence-electron chi connectivity index (χ0n) is 16.9. The summed E-state index contributed by atoms with van der Waals surface area (Å²) in [5.74, 6) is -1.55. The molecule has 0 bridgehead atoms. The minimum absolute atomic E-state index is 0.0265. The maximum absolute atomic E-state index is 12.3. The van der Waals surface area contributed by atoms with E-state index in [0.29, 0.717) is 24.3 Å². The Kier molecular flexibility index (Phi) is 8.49. The standard InChI is InChI=1S/C21H21F3N2O4S/c1-3-26(4-2)19(28)14-5-9-16(10-6-14)25-18(27)13-30-20(29)15-7-11-17(12-8-15)31-21(22,23)24/h5-12H,3-4,13H2,1-2H3,(H,25,27). The number of carbonyl (C=O) groups is 3. The molecule has 0 spiro atoms. The fraction of sp³-hybridized carbons (Fsp3) is 0.286. The molecule has 0 aliphatic carbocycles. The Hall–Kier alpha value is -3.01. The summed E-state index contributed by atoms with van der Waals surface area (Å²) in [6.07, 6.45) is 0. The Morgan fingerprint density at radius 2 is 1.48 bits per heavy atom. The maximum atomic E-state index is 12.3. The molecule has 0 aliphatic rings.